The van der Waals surface area contributed by atoms with E-state index in [0.717, 1.165) is 17.9 Å². The molecule has 0 spiro atoms. The molecule has 0 fully saturated rings. The molecule has 2 atom stereocenters. The highest BCUT2D eigenvalue weighted by molar-refractivity contribution is 5.83. The smallest absolute Gasteiger partial charge is 0.199 e. The lowest BCUT2D eigenvalue weighted by molar-refractivity contribution is 0.303. The molecule has 0 amide bonds. The molecule has 0 aromatic heterocycles. The molecule has 3 heteroatoms. The van der Waals surface area contributed by atoms with Crippen LogP contribution in [0.5, 0.6) is 0 Å². The number of nitrogens with zero attached hydrogens (tertiary/aromatic N) is 1. The van der Waals surface area contributed by atoms with E-state index in [9.17, 15) is 0 Å². The molecular weight excluding hydrogens is 250 g/mol. The lowest BCUT2D eigenvalue weighted by Gasteiger charge is -2.15. The highest BCUT2D eigenvalue weighted by Gasteiger charge is 2.15. The van der Waals surface area contributed by atoms with Crippen LogP contribution < -0.4 is 0 Å². The summed E-state index contributed by atoms with van der Waals surface area (Å²) < 4.78 is 10.8. The van der Waals surface area contributed by atoms with Crippen LogP contribution in [0.15, 0.2) is 65.1 Å². The average molecular weight is 271 g/mol. The molecule has 0 saturated carbocycles. The maximum absolute atomic E-state index is 5.48. The standard InChI is InChI=1S/C17H21NO2/c1-13-7-6-9-15(11-13)18-17(20-3)14-8-4-5-10-16(12-14)19-2/h4-10,12-14H,11H2,1-3H3. The Hall–Kier alpha value is -2.03. The van der Waals surface area contributed by atoms with Crippen LogP contribution in [0.3, 0.4) is 0 Å². The van der Waals surface area contributed by atoms with Crippen LogP contribution in [0, 0.1) is 11.8 Å². The van der Waals surface area contributed by atoms with Crippen molar-refractivity contribution in [3.8, 4) is 0 Å². The van der Waals surface area contributed by atoms with E-state index < -0.39 is 0 Å². The Balaban J connectivity index is 2.23. The van der Waals surface area contributed by atoms with Crippen LogP contribution in [0.1, 0.15) is 13.3 Å². The lowest BCUT2D eigenvalue weighted by atomic mass is 10.0. The van der Waals surface area contributed by atoms with Gasteiger partial charge in [0.25, 0.3) is 0 Å². The Morgan fingerprint density at radius 2 is 2.05 bits per heavy atom. The van der Waals surface area contributed by atoms with Gasteiger partial charge in [0.1, 0.15) is 5.76 Å². The van der Waals surface area contributed by atoms with Crippen molar-refractivity contribution in [3.05, 3.63) is 60.1 Å². The normalized spacial score (nSPS) is 25.9. The van der Waals surface area contributed by atoms with Gasteiger partial charge in [-0.1, -0.05) is 37.3 Å². The van der Waals surface area contributed by atoms with Crippen molar-refractivity contribution < 1.29 is 9.47 Å². The molecular formula is C17H21NO2. The minimum absolute atomic E-state index is 0.00735. The third kappa shape index (κ3) is 3.73. The topological polar surface area (TPSA) is 30.8 Å². The van der Waals surface area contributed by atoms with E-state index in [0.29, 0.717) is 11.8 Å². The number of rotatable bonds is 3. The first-order chi connectivity index (χ1) is 9.72. The largest absolute Gasteiger partial charge is 0.497 e. The fourth-order valence-electron chi connectivity index (χ4n) is 2.22. The second-order valence-corrected chi connectivity index (χ2v) is 4.92. The Morgan fingerprint density at radius 3 is 2.75 bits per heavy atom. The maximum atomic E-state index is 5.48. The number of aliphatic imine (C=N–C) groups is 1. The summed E-state index contributed by atoms with van der Waals surface area (Å²) in [6, 6.07) is 0. The molecule has 2 unspecified atom stereocenters. The van der Waals surface area contributed by atoms with E-state index in [4.69, 9.17) is 9.47 Å². The molecule has 0 bridgehead atoms. The monoisotopic (exact) mass is 271 g/mol. The van der Waals surface area contributed by atoms with Gasteiger partial charge in [0.15, 0.2) is 5.90 Å². The van der Waals surface area contributed by atoms with Gasteiger partial charge < -0.3 is 9.47 Å². The summed E-state index contributed by atoms with van der Waals surface area (Å²) in [5.41, 5.74) is 1.05. The number of ether oxygens (including phenoxy) is 2. The molecule has 0 N–H and O–H groups in total. The summed E-state index contributed by atoms with van der Waals surface area (Å²) >= 11 is 0. The minimum Gasteiger partial charge on any atom is -0.497 e. The number of hydrogen-bond donors (Lipinski definition) is 0. The van der Waals surface area contributed by atoms with Crippen LogP contribution in [0.4, 0.5) is 0 Å². The van der Waals surface area contributed by atoms with Gasteiger partial charge in [-0.05, 0) is 30.6 Å². The van der Waals surface area contributed by atoms with Crippen molar-refractivity contribution >= 4 is 5.90 Å². The Morgan fingerprint density at radius 1 is 1.20 bits per heavy atom. The summed E-state index contributed by atoms with van der Waals surface area (Å²) in [6.07, 6.45) is 17.1. The van der Waals surface area contributed by atoms with Crippen molar-refractivity contribution in [3.63, 3.8) is 0 Å². The maximum Gasteiger partial charge on any atom is 0.199 e. The third-order valence-electron chi connectivity index (χ3n) is 3.28. The first kappa shape index (κ1) is 14.4. The van der Waals surface area contributed by atoms with Crippen molar-refractivity contribution in [2.45, 2.75) is 13.3 Å². The molecule has 20 heavy (non-hydrogen) atoms. The van der Waals surface area contributed by atoms with E-state index in [1.165, 1.54) is 0 Å². The van der Waals surface area contributed by atoms with Gasteiger partial charge in [-0.3, -0.25) is 0 Å². The van der Waals surface area contributed by atoms with Gasteiger partial charge in [0.2, 0.25) is 0 Å². The third-order valence-corrected chi connectivity index (χ3v) is 3.28. The van der Waals surface area contributed by atoms with E-state index in [-0.39, 0.29) is 5.92 Å². The molecule has 0 saturated heterocycles. The molecule has 0 aliphatic heterocycles. The fraction of sp³-hybridized carbons (Fsp3) is 0.353. The zero-order valence-electron chi connectivity index (χ0n) is 12.2. The molecule has 2 rings (SSSR count). The summed E-state index contributed by atoms with van der Waals surface area (Å²) in [7, 11) is 3.33. The van der Waals surface area contributed by atoms with Crippen LogP contribution in [0.25, 0.3) is 0 Å². The van der Waals surface area contributed by atoms with Gasteiger partial charge in [-0.25, -0.2) is 4.99 Å². The molecule has 3 nitrogen and oxygen atoms in total. The van der Waals surface area contributed by atoms with E-state index in [1.807, 2.05) is 36.5 Å². The number of allylic oxidation sites excluding steroid dienone is 7. The zero-order chi connectivity index (χ0) is 14.4. The highest BCUT2D eigenvalue weighted by Crippen LogP contribution is 2.21. The highest BCUT2D eigenvalue weighted by atomic mass is 16.5. The van der Waals surface area contributed by atoms with Crippen LogP contribution >= 0.6 is 0 Å². The number of hydrogen-bond acceptors (Lipinski definition) is 3. The van der Waals surface area contributed by atoms with Gasteiger partial charge in [0, 0.05) is 5.70 Å². The zero-order valence-corrected chi connectivity index (χ0v) is 12.2. The quantitative estimate of drug-likeness (QED) is 0.577. The second kappa shape index (κ2) is 6.94. The summed E-state index contributed by atoms with van der Waals surface area (Å²) in [4.78, 5) is 4.66. The summed E-state index contributed by atoms with van der Waals surface area (Å²) in [5.74, 6) is 2.02. The van der Waals surface area contributed by atoms with Crippen LogP contribution in [-0.2, 0) is 9.47 Å². The average Bonchev–Trinajstić information content (AvgIpc) is 2.70. The SMILES string of the molecule is COC1=CC(C(=NC2=CC=CC(C)C2)OC)C=CC=C1. The van der Waals surface area contributed by atoms with Crippen molar-refractivity contribution in [1.82, 2.24) is 0 Å². The van der Waals surface area contributed by atoms with Gasteiger partial charge in [-0.2, -0.15) is 0 Å². The molecule has 2 aliphatic rings. The first-order valence-corrected chi connectivity index (χ1v) is 6.83. The van der Waals surface area contributed by atoms with Gasteiger partial charge in [0.05, 0.1) is 20.1 Å². The summed E-state index contributed by atoms with van der Waals surface area (Å²) in [5, 5.41) is 0. The number of methoxy groups -OCH3 is 2. The molecule has 0 aromatic carbocycles. The molecule has 2 aliphatic carbocycles. The molecule has 0 aromatic rings. The summed E-state index contributed by atoms with van der Waals surface area (Å²) in [6.45, 7) is 2.18. The van der Waals surface area contributed by atoms with Crippen LogP contribution in [0.2, 0.25) is 0 Å². The second-order valence-electron chi connectivity index (χ2n) is 4.92. The Kier molecular flexibility index (Phi) is 4.99. The van der Waals surface area contributed by atoms with Gasteiger partial charge >= 0.3 is 0 Å². The first-order valence-electron chi connectivity index (χ1n) is 6.83. The van der Waals surface area contributed by atoms with Gasteiger partial charge in [-0.15, -0.1) is 0 Å². The van der Waals surface area contributed by atoms with Crippen LogP contribution in [-0.4, -0.2) is 20.1 Å². The van der Waals surface area contributed by atoms with E-state index in [1.54, 1.807) is 14.2 Å². The fourth-order valence-corrected chi connectivity index (χ4v) is 2.22. The Labute approximate surface area is 120 Å². The van der Waals surface area contributed by atoms with Crippen molar-refractivity contribution in [1.29, 1.82) is 0 Å². The molecule has 0 heterocycles. The van der Waals surface area contributed by atoms with E-state index >= 15 is 0 Å². The lowest BCUT2D eigenvalue weighted by Crippen LogP contribution is -2.14. The molecule has 106 valence electrons. The Bertz CT molecular complexity index is 521. The molecule has 0 radical (unpaired) electrons. The predicted octanol–water partition coefficient (Wildman–Crippen LogP) is 3.78. The minimum atomic E-state index is -0.00735. The van der Waals surface area contributed by atoms with Crippen molar-refractivity contribution in [2.24, 2.45) is 16.8 Å². The predicted molar refractivity (Wildman–Crippen MR) is 82.3 cm³/mol. The van der Waals surface area contributed by atoms with Crippen molar-refractivity contribution in [2.75, 3.05) is 14.2 Å². The van der Waals surface area contributed by atoms with E-state index in [2.05, 4.69) is 24.1 Å².